The zero-order valence-electron chi connectivity index (χ0n) is 13.2. The highest BCUT2D eigenvalue weighted by molar-refractivity contribution is 7.99. The Morgan fingerprint density at radius 1 is 1.29 bits per heavy atom. The van der Waals surface area contributed by atoms with Crippen LogP contribution in [0.5, 0.6) is 0 Å². The van der Waals surface area contributed by atoms with Crippen molar-refractivity contribution in [2.24, 2.45) is 0 Å². The summed E-state index contributed by atoms with van der Waals surface area (Å²) in [5.74, 6) is 1.17. The second kappa shape index (κ2) is 8.13. The van der Waals surface area contributed by atoms with Gasteiger partial charge in [0.2, 0.25) is 5.95 Å². The summed E-state index contributed by atoms with van der Waals surface area (Å²) >= 11 is 1.53. The molecule has 1 saturated heterocycles. The minimum atomic E-state index is -0.297. The van der Waals surface area contributed by atoms with E-state index in [0.717, 1.165) is 25.3 Å². The maximum atomic E-state index is 13.7. The fourth-order valence-corrected chi connectivity index (χ4v) is 3.37. The van der Waals surface area contributed by atoms with E-state index >= 15 is 0 Å². The summed E-state index contributed by atoms with van der Waals surface area (Å²) in [7, 11) is 0. The molecule has 1 aliphatic heterocycles. The number of rotatable bonds is 6. The normalized spacial score (nSPS) is 14.6. The number of aromatic nitrogens is 3. The number of morpholine rings is 1. The van der Waals surface area contributed by atoms with Gasteiger partial charge in [0.05, 0.1) is 25.0 Å². The second-order valence-corrected chi connectivity index (χ2v) is 6.37. The minimum absolute atomic E-state index is 0.297. The van der Waals surface area contributed by atoms with E-state index in [1.807, 2.05) is 10.6 Å². The van der Waals surface area contributed by atoms with E-state index in [4.69, 9.17) is 10.00 Å². The minimum Gasteiger partial charge on any atom is -0.378 e. The highest BCUT2D eigenvalue weighted by atomic mass is 32.2. The highest BCUT2D eigenvalue weighted by Gasteiger charge is 2.21. The Kier molecular flexibility index (Phi) is 5.67. The Hall–Kier alpha value is -2.11. The zero-order chi connectivity index (χ0) is 16.8. The van der Waals surface area contributed by atoms with Crippen LogP contribution < -0.4 is 4.90 Å². The average Bonchev–Trinajstić information content (AvgIpc) is 3.03. The van der Waals surface area contributed by atoms with Gasteiger partial charge in [0.15, 0.2) is 5.16 Å². The molecule has 0 radical (unpaired) electrons. The Bertz CT molecular complexity index is 723. The van der Waals surface area contributed by atoms with Gasteiger partial charge in [-0.3, -0.25) is 4.57 Å². The fraction of sp³-hybridized carbons (Fsp3) is 0.438. The van der Waals surface area contributed by atoms with Crippen molar-refractivity contribution in [1.29, 1.82) is 5.26 Å². The zero-order valence-corrected chi connectivity index (χ0v) is 14.0. The molecule has 1 aliphatic rings. The number of hydrogen-bond acceptors (Lipinski definition) is 6. The molecule has 0 saturated carbocycles. The van der Waals surface area contributed by atoms with Crippen molar-refractivity contribution in [3.8, 4) is 11.8 Å². The molecule has 1 aromatic carbocycles. The van der Waals surface area contributed by atoms with E-state index in [2.05, 4.69) is 21.2 Å². The van der Waals surface area contributed by atoms with Crippen LogP contribution in [0.4, 0.5) is 10.3 Å². The number of benzene rings is 1. The van der Waals surface area contributed by atoms with Crippen LogP contribution in [0.1, 0.15) is 12.8 Å². The van der Waals surface area contributed by atoms with Crippen molar-refractivity contribution in [2.45, 2.75) is 18.0 Å². The van der Waals surface area contributed by atoms with E-state index in [1.54, 1.807) is 6.07 Å². The van der Waals surface area contributed by atoms with Gasteiger partial charge in [-0.1, -0.05) is 17.8 Å². The van der Waals surface area contributed by atoms with E-state index in [-0.39, 0.29) is 5.82 Å². The molecule has 6 nitrogen and oxygen atoms in total. The number of ether oxygens (including phenoxy) is 1. The van der Waals surface area contributed by atoms with Crippen LogP contribution in [0.2, 0.25) is 0 Å². The smallest absolute Gasteiger partial charge is 0.232 e. The molecule has 2 aromatic rings. The molecule has 1 fully saturated rings. The van der Waals surface area contributed by atoms with Gasteiger partial charge in [-0.2, -0.15) is 5.26 Å². The lowest BCUT2D eigenvalue weighted by Gasteiger charge is -2.27. The summed E-state index contributed by atoms with van der Waals surface area (Å²) in [6.45, 7) is 2.74. The predicted molar refractivity (Wildman–Crippen MR) is 89.9 cm³/mol. The van der Waals surface area contributed by atoms with Gasteiger partial charge >= 0.3 is 0 Å². The maximum absolute atomic E-state index is 13.7. The van der Waals surface area contributed by atoms with E-state index < -0.39 is 0 Å². The van der Waals surface area contributed by atoms with Crippen molar-refractivity contribution < 1.29 is 9.13 Å². The summed E-state index contributed by atoms with van der Waals surface area (Å²) < 4.78 is 21.0. The first kappa shape index (κ1) is 16.7. The lowest BCUT2D eigenvalue weighted by Crippen LogP contribution is -2.37. The lowest BCUT2D eigenvalue weighted by molar-refractivity contribution is 0.122. The van der Waals surface area contributed by atoms with E-state index in [1.165, 1.54) is 23.9 Å². The first-order valence-corrected chi connectivity index (χ1v) is 8.82. The average molecular weight is 347 g/mol. The second-order valence-electron chi connectivity index (χ2n) is 5.31. The van der Waals surface area contributed by atoms with E-state index in [0.29, 0.717) is 36.4 Å². The lowest BCUT2D eigenvalue weighted by atomic mass is 10.3. The number of anilines is 1. The molecule has 3 rings (SSSR count). The van der Waals surface area contributed by atoms with Crippen LogP contribution in [-0.2, 0) is 4.74 Å². The van der Waals surface area contributed by atoms with Gasteiger partial charge in [0, 0.05) is 25.3 Å². The Morgan fingerprint density at radius 2 is 2.12 bits per heavy atom. The number of halogens is 1. The topological polar surface area (TPSA) is 67.0 Å². The van der Waals surface area contributed by atoms with Crippen molar-refractivity contribution in [1.82, 2.24) is 14.8 Å². The largest absolute Gasteiger partial charge is 0.378 e. The number of nitriles is 1. The van der Waals surface area contributed by atoms with Crippen LogP contribution in [0.25, 0.3) is 5.69 Å². The highest BCUT2D eigenvalue weighted by Crippen LogP contribution is 2.28. The van der Waals surface area contributed by atoms with Crippen LogP contribution >= 0.6 is 11.8 Å². The summed E-state index contributed by atoms with van der Waals surface area (Å²) in [5, 5.41) is 18.0. The molecule has 0 bridgehead atoms. The van der Waals surface area contributed by atoms with Crippen molar-refractivity contribution in [3.05, 3.63) is 30.1 Å². The molecular formula is C16H18FN5OS. The monoisotopic (exact) mass is 347 g/mol. The SMILES string of the molecule is N#CCCCSc1nnc(N2CCOCC2)n1-c1cccc(F)c1. The van der Waals surface area contributed by atoms with Crippen LogP contribution in [0, 0.1) is 17.1 Å². The van der Waals surface area contributed by atoms with Crippen molar-refractivity contribution in [2.75, 3.05) is 37.0 Å². The third kappa shape index (κ3) is 3.86. The van der Waals surface area contributed by atoms with Gasteiger partial charge in [0.1, 0.15) is 5.82 Å². The number of hydrogen-bond donors (Lipinski definition) is 0. The molecule has 24 heavy (non-hydrogen) atoms. The number of nitrogens with zero attached hydrogens (tertiary/aromatic N) is 5. The van der Waals surface area contributed by atoms with Gasteiger partial charge in [0.25, 0.3) is 0 Å². The van der Waals surface area contributed by atoms with Crippen molar-refractivity contribution in [3.63, 3.8) is 0 Å². The predicted octanol–water partition coefficient (Wildman–Crippen LogP) is 2.64. The molecule has 1 aromatic heterocycles. The molecule has 2 heterocycles. The van der Waals surface area contributed by atoms with E-state index in [9.17, 15) is 4.39 Å². The molecular weight excluding hydrogens is 329 g/mol. The summed E-state index contributed by atoms with van der Waals surface area (Å²) in [5.41, 5.74) is 0.698. The summed E-state index contributed by atoms with van der Waals surface area (Å²) in [6.07, 6.45) is 1.29. The molecule has 0 atom stereocenters. The third-order valence-electron chi connectivity index (χ3n) is 3.64. The Labute approximate surface area is 144 Å². The molecule has 0 spiro atoms. The number of thioether (sulfide) groups is 1. The molecule has 0 aliphatic carbocycles. The first-order valence-electron chi connectivity index (χ1n) is 7.83. The standard InChI is InChI=1S/C16H18FN5OS/c17-13-4-3-5-14(12-13)22-15(21-7-9-23-10-8-21)19-20-16(22)24-11-2-1-6-18/h3-5,12H,1-2,7-11H2. The van der Waals surface area contributed by atoms with Crippen LogP contribution in [0.15, 0.2) is 29.4 Å². The molecule has 0 unspecified atom stereocenters. The van der Waals surface area contributed by atoms with Gasteiger partial charge in [-0.25, -0.2) is 4.39 Å². The Balaban J connectivity index is 1.91. The molecule has 126 valence electrons. The quantitative estimate of drug-likeness (QED) is 0.591. The maximum Gasteiger partial charge on any atom is 0.232 e. The molecule has 0 amide bonds. The molecule has 0 N–H and O–H groups in total. The third-order valence-corrected chi connectivity index (χ3v) is 4.66. The van der Waals surface area contributed by atoms with Gasteiger partial charge in [-0.15, -0.1) is 10.2 Å². The van der Waals surface area contributed by atoms with Crippen molar-refractivity contribution >= 4 is 17.7 Å². The number of unbranched alkanes of at least 4 members (excludes halogenated alkanes) is 1. The summed E-state index contributed by atoms with van der Waals surface area (Å²) in [4.78, 5) is 2.10. The van der Waals surface area contributed by atoms with Gasteiger partial charge < -0.3 is 9.64 Å². The fourth-order valence-electron chi connectivity index (χ4n) is 2.48. The van der Waals surface area contributed by atoms with Crippen LogP contribution in [-0.4, -0.2) is 46.8 Å². The molecule has 8 heteroatoms. The van der Waals surface area contributed by atoms with Gasteiger partial charge in [-0.05, 0) is 24.6 Å². The first-order chi connectivity index (χ1) is 11.8. The van der Waals surface area contributed by atoms with Crippen LogP contribution in [0.3, 0.4) is 0 Å². The Morgan fingerprint density at radius 3 is 2.88 bits per heavy atom. The summed E-state index contributed by atoms with van der Waals surface area (Å²) in [6, 6.07) is 8.56.